The first kappa shape index (κ1) is 7.68. The first-order valence-corrected chi connectivity index (χ1v) is 4.06. The van der Waals surface area contributed by atoms with Gasteiger partial charge in [-0.2, -0.15) is 0 Å². The number of hydrogen-bond donors (Lipinski definition) is 1. The predicted molar refractivity (Wildman–Crippen MR) is 48.1 cm³/mol. The molecule has 0 amide bonds. The summed E-state index contributed by atoms with van der Waals surface area (Å²) in [5.41, 5.74) is 1.08. The molecule has 0 unspecified atom stereocenters. The Morgan fingerprint density at radius 3 is 2.67 bits per heavy atom. The summed E-state index contributed by atoms with van der Waals surface area (Å²) in [6, 6.07) is 7.74. The Kier molecular flexibility index (Phi) is 1.45. The Hall–Kier alpha value is -0.955. The molecule has 0 radical (unpaired) electrons. The van der Waals surface area contributed by atoms with E-state index in [4.69, 9.17) is 4.65 Å². The molecule has 1 heterocycles. The van der Waals surface area contributed by atoms with Crippen molar-refractivity contribution in [1.29, 1.82) is 0 Å². The summed E-state index contributed by atoms with van der Waals surface area (Å²) >= 11 is 0. The van der Waals surface area contributed by atoms with Crippen molar-refractivity contribution < 1.29 is 9.68 Å². The molecule has 0 aromatic heterocycles. The van der Waals surface area contributed by atoms with Crippen molar-refractivity contribution in [2.45, 2.75) is 19.2 Å². The molecule has 1 aliphatic heterocycles. The normalized spacial score (nSPS) is 18.8. The van der Waals surface area contributed by atoms with Crippen LogP contribution in [0.1, 0.15) is 19.4 Å². The number of para-hydroxylation sites is 1. The first-order chi connectivity index (χ1) is 5.62. The van der Waals surface area contributed by atoms with Crippen molar-refractivity contribution in [3.63, 3.8) is 0 Å². The van der Waals surface area contributed by atoms with E-state index in [1.54, 1.807) is 0 Å². The average Bonchev–Trinajstić information content (AvgIpc) is 2.25. The Balaban J connectivity index is 2.55. The highest BCUT2D eigenvalue weighted by atomic mass is 16.5. The highest BCUT2D eigenvalue weighted by Crippen LogP contribution is 2.39. The number of hydrogen-bond acceptors (Lipinski definition) is 2. The van der Waals surface area contributed by atoms with Crippen molar-refractivity contribution in [3.8, 4) is 5.75 Å². The lowest BCUT2D eigenvalue weighted by Gasteiger charge is -2.15. The third-order valence-electron chi connectivity index (χ3n) is 2.44. The SMILES string of the molecule is CC1(C)B(O)Oc2ccccc21. The van der Waals surface area contributed by atoms with Gasteiger partial charge in [-0.05, 0) is 11.6 Å². The molecule has 1 aliphatic rings. The summed E-state index contributed by atoms with van der Waals surface area (Å²) in [4.78, 5) is 0. The van der Waals surface area contributed by atoms with Crippen LogP contribution in [0.15, 0.2) is 24.3 Å². The van der Waals surface area contributed by atoms with E-state index in [0.29, 0.717) is 0 Å². The van der Waals surface area contributed by atoms with Gasteiger partial charge < -0.3 is 9.68 Å². The molecule has 1 N–H and O–H groups in total. The van der Waals surface area contributed by atoms with E-state index >= 15 is 0 Å². The summed E-state index contributed by atoms with van der Waals surface area (Å²) in [5.74, 6) is 0.801. The van der Waals surface area contributed by atoms with Crippen LogP contribution in [0.4, 0.5) is 0 Å². The molecule has 0 aliphatic carbocycles. The molecule has 0 saturated carbocycles. The highest BCUT2D eigenvalue weighted by Gasteiger charge is 2.46. The zero-order chi connectivity index (χ0) is 8.77. The van der Waals surface area contributed by atoms with Crippen LogP contribution in [0.25, 0.3) is 0 Å². The second-order valence-electron chi connectivity index (χ2n) is 3.69. The maximum atomic E-state index is 9.56. The molecule has 0 spiro atoms. The van der Waals surface area contributed by atoms with E-state index < -0.39 is 7.12 Å². The molecule has 0 atom stereocenters. The average molecular weight is 162 g/mol. The molecule has 2 rings (SSSR count). The molecular formula is C9H11BO2. The van der Waals surface area contributed by atoms with Crippen molar-refractivity contribution in [3.05, 3.63) is 29.8 Å². The number of fused-ring (bicyclic) bond motifs is 1. The molecule has 1 aromatic carbocycles. The molecule has 0 fully saturated rings. The van der Waals surface area contributed by atoms with Crippen molar-refractivity contribution in [1.82, 2.24) is 0 Å². The second-order valence-corrected chi connectivity index (χ2v) is 3.69. The van der Waals surface area contributed by atoms with Crippen LogP contribution in [-0.4, -0.2) is 12.1 Å². The Labute approximate surface area is 72.3 Å². The van der Waals surface area contributed by atoms with Crippen LogP contribution in [0.2, 0.25) is 0 Å². The smallest absolute Gasteiger partial charge is 0.533 e. The van der Waals surface area contributed by atoms with Gasteiger partial charge in [0.05, 0.1) is 0 Å². The van der Waals surface area contributed by atoms with Crippen LogP contribution in [0, 0.1) is 0 Å². The van der Waals surface area contributed by atoms with Gasteiger partial charge in [-0.3, -0.25) is 0 Å². The highest BCUT2D eigenvalue weighted by molar-refractivity contribution is 6.49. The standard InChI is InChI=1S/C9H11BO2/c1-9(2)7-5-3-4-6-8(7)12-10(9)11/h3-6,11H,1-2H3. The minimum atomic E-state index is -0.713. The predicted octanol–water partition coefficient (Wildman–Crippen LogP) is 1.38. The van der Waals surface area contributed by atoms with E-state index in [-0.39, 0.29) is 5.31 Å². The van der Waals surface area contributed by atoms with Crippen LogP contribution >= 0.6 is 0 Å². The van der Waals surface area contributed by atoms with Crippen LogP contribution in [0.5, 0.6) is 5.75 Å². The maximum Gasteiger partial charge on any atom is 0.533 e. The van der Waals surface area contributed by atoms with Crippen molar-refractivity contribution in [2.75, 3.05) is 0 Å². The van der Waals surface area contributed by atoms with Crippen molar-refractivity contribution >= 4 is 7.12 Å². The van der Waals surface area contributed by atoms with Gasteiger partial charge in [0.15, 0.2) is 0 Å². The van der Waals surface area contributed by atoms with Gasteiger partial charge in [-0.1, -0.05) is 32.0 Å². The van der Waals surface area contributed by atoms with Gasteiger partial charge in [0.25, 0.3) is 0 Å². The van der Waals surface area contributed by atoms with Gasteiger partial charge in [0.1, 0.15) is 5.75 Å². The summed E-state index contributed by atoms with van der Waals surface area (Å²) in [7, 11) is -0.713. The van der Waals surface area contributed by atoms with Crippen molar-refractivity contribution in [2.24, 2.45) is 0 Å². The van der Waals surface area contributed by atoms with E-state index in [0.717, 1.165) is 11.3 Å². The molecule has 62 valence electrons. The van der Waals surface area contributed by atoms with E-state index in [2.05, 4.69) is 0 Å². The van der Waals surface area contributed by atoms with E-state index in [1.807, 2.05) is 38.1 Å². The summed E-state index contributed by atoms with van der Waals surface area (Å²) in [6.07, 6.45) is 0. The fraction of sp³-hybridized carbons (Fsp3) is 0.333. The molecule has 0 saturated heterocycles. The number of rotatable bonds is 0. The summed E-state index contributed by atoms with van der Waals surface area (Å²) in [6.45, 7) is 3.95. The van der Waals surface area contributed by atoms with Gasteiger partial charge >= 0.3 is 7.12 Å². The molecular weight excluding hydrogens is 151 g/mol. The Morgan fingerprint density at radius 1 is 1.33 bits per heavy atom. The lowest BCUT2D eigenvalue weighted by Crippen LogP contribution is -2.37. The minimum Gasteiger partial charge on any atom is -0.535 e. The van der Waals surface area contributed by atoms with Crippen LogP contribution in [-0.2, 0) is 5.31 Å². The van der Waals surface area contributed by atoms with Gasteiger partial charge in [0.2, 0.25) is 0 Å². The topological polar surface area (TPSA) is 29.5 Å². The number of benzene rings is 1. The zero-order valence-electron chi connectivity index (χ0n) is 7.24. The lowest BCUT2D eigenvalue weighted by atomic mass is 9.59. The van der Waals surface area contributed by atoms with Crippen LogP contribution in [0.3, 0.4) is 0 Å². The lowest BCUT2D eigenvalue weighted by molar-refractivity contribution is 0.402. The Bertz CT molecular complexity index is 309. The van der Waals surface area contributed by atoms with E-state index in [9.17, 15) is 5.02 Å². The zero-order valence-corrected chi connectivity index (χ0v) is 7.24. The molecule has 1 aromatic rings. The minimum absolute atomic E-state index is 0.281. The van der Waals surface area contributed by atoms with Gasteiger partial charge in [-0.15, -0.1) is 0 Å². The fourth-order valence-corrected chi connectivity index (χ4v) is 1.50. The summed E-state index contributed by atoms with van der Waals surface area (Å²) in [5, 5.41) is 9.27. The fourth-order valence-electron chi connectivity index (χ4n) is 1.50. The first-order valence-electron chi connectivity index (χ1n) is 4.06. The quantitative estimate of drug-likeness (QED) is 0.583. The van der Waals surface area contributed by atoms with Gasteiger partial charge in [0, 0.05) is 5.31 Å². The molecule has 0 bridgehead atoms. The monoisotopic (exact) mass is 162 g/mol. The molecule has 2 nitrogen and oxygen atoms in total. The largest absolute Gasteiger partial charge is 0.535 e. The van der Waals surface area contributed by atoms with Crippen LogP contribution < -0.4 is 4.65 Å². The molecule has 3 heteroatoms. The maximum absolute atomic E-state index is 9.56. The van der Waals surface area contributed by atoms with Gasteiger partial charge in [-0.25, -0.2) is 0 Å². The summed E-state index contributed by atoms with van der Waals surface area (Å²) < 4.78 is 5.28. The third-order valence-corrected chi connectivity index (χ3v) is 2.44. The van der Waals surface area contributed by atoms with E-state index in [1.165, 1.54) is 0 Å². The Morgan fingerprint density at radius 2 is 2.00 bits per heavy atom. The third kappa shape index (κ3) is 0.863. The second kappa shape index (κ2) is 2.27. The molecule has 12 heavy (non-hydrogen) atoms.